The van der Waals surface area contributed by atoms with Gasteiger partial charge in [0.1, 0.15) is 0 Å². The molecule has 1 rings (SSSR count). The van der Waals surface area contributed by atoms with Crippen LogP contribution in [0.3, 0.4) is 0 Å². The van der Waals surface area contributed by atoms with Gasteiger partial charge in [0.15, 0.2) is 0 Å². The number of aromatic carboxylic acids is 1. The summed E-state index contributed by atoms with van der Waals surface area (Å²) in [5.74, 6) is -0.875. The topological polar surface area (TPSA) is 98.0 Å². The molecule has 6 heteroatoms. The van der Waals surface area contributed by atoms with Gasteiger partial charge in [-0.25, -0.2) is 4.79 Å². The predicted molar refractivity (Wildman–Crippen MR) is 90.2 cm³/mol. The molecule has 0 radical (unpaired) electrons. The SMILES string of the molecule is CC(C)O.CC(C)O.CC(C)O.Cc1ccc(C(=O)O)cc1.[Ti]. The molecule has 0 amide bonds. The summed E-state index contributed by atoms with van der Waals surface area (Å²) in [4.78, 5) is 10.3. The van der Waals surface area contributed by atoms with Gasteiger partial charge in [-0.2, -0.15) is 0 Å². The number of rotatable bonds is 1. The first kappa shape index (κ1) is 30.2. The molecular weight excluding hydrogens is 332 g/mol. The molecular formula is C17H32O5Ti. The fraction of sp³-hybridized carbons (Fsp3) is 0.588. The second kappa shape index (κ2) is 19.3. The molecule has 0 aromatic heterocycles. The third-order valence-corrected chi connectivity index (χ3v) is 1.30. The summed E-state index contributed by atoms with van der Waals surface area (Å²) in [7, 11) is 0. The van der Waals surface area contributed by atoms with Crippen LogP contribution in [0.4, 0.5) is 0 Å². The monoisotopic (exact) mass is 364 g/mol. The summed E-state index contributed by atoms with van der Waals surface area (Å²) < 4.78 is 0. The Morgan fingerprint density at radius 1 is 0.783 bits per heavy atom. The van der Waals surface area contributed by atoms with Gasteiger partial charge in [0.25, 0.3) is 0 Å². The number of aliphatic hydroxyl groups excluding tert-OH is 3. The van der Waals surface area contributed by atoms with Crippen LogP contribution >= 0.6 is 0 Å². The molecule has 0 bridgehead atoms. The minimum Gasteiger partial charge on any atom is -0.478 e. The van der Waals surface area contributed by atoms with E-state index in [9.17, 15) is 4.79 Å². The number of carboxylic acid groups (broad SMARTS) is 1. The Bertz CT molecular complexity index is 339. The standard InChI is InChI=1S/C8H8O2.3C3H8O.Ti/c1-6-2-4-7(5-3-6)8(9)10;3*1-3(2)4;/h2-5H,1H3,(H,9,10);3*3-4H,1-2H3;. The van der Waals surface area contributed by atoms with Gasteiger partial charge >= 0.3 is 5.97 Å². The van der Waals surface area contributed by atoms with E-state index in [1.165, 1.54) is 0 Å². The molecule has 134 valence electrons. The average Bonchev–Trinajstić information content (AvgIpc) is 2.26. The van der Waals surface area contributed by atoms with Gasteiger partial charge < -0.3 is 20.4 Å². The molecule has 0 saturated carbocycles. The zero-order valence-electron chi connectivity index (χ0n) is 15.2. The van der Waals surface area contributed by atoms with Gasteiger partial charge in [-0.15, -0.1) is 0 Å². The van der Waals surface area contributed by atoms with Crippen LogP contribution in [0.1, 0.15) is 57.5 Å². The molecule has 0 aliphatic carbocycles. The van der Waals surface area contributed by atoms with E-state index < -0.39 is 5.97 Å². The number of hydrogen-bond donors (Lipinski definition) is 4. The minimum absolute atomic E-state index is 0. The van der Waals surface area contributed by atoms with Crippen molar-refractivity contribution < 1.29 is 46.9 Å². The van der Waals surface area contributed by atoms with Crippen LogP contribution in [0, 0.1) is 6.92 Å². The first-order valence-electron chi connectivity index (χ1n) is 7.24. The Morgan fingerprint density at radius 3 is 1.17 bits per heavy atom. The van der Waals surface area contributed by atoms with Crippen LogP contribution < -0.4 is 0 Å². The summed E-state index contributed by atoms with van der Waals surface area (Å²) in [6.45, 7) is 12.3. The normalized spacial score (nSPS) is 8.74. The average molecular weight is 364 g/mol. The largest absolute Gasteiger partial charge is 0.478 e. The summed E-state index contributed by atoms with van der Waals surface area (Å²) in [5.41, 5.74) is 1.41. The van der Waals surface area contributed by atoms with Crippen molar-refractivity contribution in [2.24, 2.45) is 0 Å². The van der Waals surface area contributed by atoms with E-state index >= 15 is 0 Å². The number of aliphatic hydroxyl groups is 3. The van der Waals surface area contributed by atoms with Gasteiger partial charge in [-0.1, -0.05) is 17.7 Å². The molecule has 0 aliphatic rings. The van der Waals surface area contributed by atoms with Gasteiger partial charge in [0.2, 0.25) is 0 Å². The number of hydrogen-bond acceptors (Lipinski definition) is 4. The molecule has 0 atom stereocenters. The molecule has 1 aromatic rings. The second-order valence-corrected chi connectivity index (χ2v) is 5.45. The third-order valence-electron chi connectivity index (χ3n) is 1.30. The van der Waals surface area contributed by atoms with Crippen molar-refractivity contribution in [3.8, 4) is 0 Å². The van der Waals surface area contributed by atoms with Crippen molar-refractivity contribution in [3.63, 3.8) is 0 Å². The van der Waals surface area contributed by atoms with Crippen molar-refractivity contribution in [2.75, 3.05) is 0 Å². The van der Waals surface area contributed by atoms with Gasteiger partial charge in [-0.05, 0) is 60.6 Å². The minimum atomic E-state index is -0.875. The second-order valence-electron chi connectivity index (χ2n) is 5.45. The van der Waals surface area contributed by atoms with Crippen LogP contribution in [0.25, 0.3) is 0 Å². The van der Waals surface area contributed by atoms with Gasteiger partial charge in [-0.3, -0.25) is 0 Å². The summed E-state index contributed by atoms with van der Waals surface area (Å²) >= 11 is 0. The molecule has 0 heterocycles. The zero-order chi connectivity index (χ0) is 18.3. The maximum absolute atomic E-state index is 10.3. The summed E-state index contributed by atoms with van der Waals surface area (Å²) in [5, 5.41) is 32.6. The van der Waals surface area contributed by atoms with Gasteiger partial charge in [0, 0.05) is 40.0 Å². The molecule has 4 N–H and O–H groups in total. The van der Waals surface area contributed by atoms with E-state index in [1.807, 2.05) is 6.92 Å². The molecule has 1 aromatic carbocycles. The Balaban J connectivity index is -0.000000118. The van der Waals surface area contributed by atoms with Crippen molar-refractivity contribution in [3.05, 3.63) is 35.4 Å². The Kier molecular flexibility index (Phi) is 25.4. The number of carboxylic acids is 1. The fourth-order valence-corrected chi connectivity index (χ4v) is 0.696. The molecule has 0 saturated heterocycles. The van der Waals surface area contributed by atoms with E-state index in [1.54, 1.807) is 65.8 Å². The summed E-state index contributed by atoms with van der Waals surface area (Å²) in [6, 6.07) is 6.75. The molecule has 0 aliphatic heterocycles. The van der Waals surface area contributed by atoms with Crippen LogP contribution in [0.15, 0.2) is 24.3 Å². The fourth-order valence-electron chi connectivity index (χ4n) is 0.696. The van der Waals surface area contributed by atoms with E-state index in [2.05, 4.69) is 0 Å². The maximum Gasteiger partial charge on any atom is 0.335 e. The van der Waals surface area contributed by atoms with Crippen LogP contribution in [-0.4, -0.2) is 44.7 Å². The third kappa shape index (κ3) is 44.9. The number of carbonyl (C=O) groups is 1. The molecule has 23 heavy (non-hydrogen) atoms. The smallest absolute Gasteiger partial charge is 0.335 e. The number of aryl methyl sites for hydroxylation is 1. The molecule has 0 spiro atoms. The Labute approximate surface area is 155 Å². The quantitative estimate of drug-likeness (QED) is 0.575. The van der Waals surface area contributed by atoms with Crippen LogP contribution in [0.5, 0.6) is 0 Å². The molecule has 0 unspecified atom stereocenters. The van der Waals surface area contributed by atoms with E-state index in [0.29, 0.717) is 5.56 Å². The van der Waals surface area contributed by atoms with E-state index in [4.69, 9.17) is 20.4 Å². The molecule has 5 nitrogen and oxygen atoms in total. The van der Waals surface area contributed by atoms with Crippen molar-refractivity contribution in [1.82, 2.24) is 0 Å². The van der Waals surface area contributed by atoms with Crippen molar-refractivity contribution in [1.29, 1.82) is 0 Å². The number of benzene rings is 1. The maximum atomic E-state index is 10.3. The van der Waals surface area contributed by atoms with Crippen molar-refractivity contribution in [2.45, 2.75) is 66.8 Å². The first-order chi connectivity index (χ1) is 9.89. The summed E-state index contributed by atoms with van der Waals surface area (Å²) in [6.07, 6.45) is -0.500. The van der Waals surface area contributed by atoms with Crippen molar-refractivity contribution >= 4 is 5.97 Å². The zero-order valence-corrected chi connectivity index (χ0v) is 16.8. The van der Waals surface area contributed by atoms with Crippen LogP contribution in [-0.2, 0) is 21.7 Å². The molecule has 0 fully saturated rings. The van der Waals surface area contributed by atoms with E-state index in [0.717, 1.165) is 5.56 Å². The first-order valence-corrected chi connectivity index (χ1v) is 7.24. The predicted octanol–water partition coefficient (Wildman–Crippen LogP) is 2.85. The Morgan fingerprint density at radius 2 is 1.00 bits per heavy atom. The van der Waals surface area contributed by atoms with Crippen LogP contribution in [0.2, 0.25) is 0 Å². The van der Waals surface area contributed by atoms with E-state index in [-0.39, 0.29) is 40.0 Å². The Hall–Kier alpha value is -0.716. The van der Waals surface area contributed by atoms with Gasteiger partial charge in [0.05, 0.1) is 5.56 Å².